The summed E-state index contributed by atoms with van der Waals surface area (Å²) in [6.45, 7) is 0. The highest BCUT2D eigenvalue weighted by Crippen LogP contribution is 2.14. The minimum absolute atomic E-state index is 0.459. The fourth-order valence-electron chi connectivity index (χ4n) is 1.33. The lowest BCUT2D eigenvalue weighted by atomic mass is 10.4. The van der Waals surface area contributed by atoms with Crippen LogP contribution in [0.3, 0.4) is 0 Å². The van der Waals surface area contributed by atoms with Crippen LogP contribution in [0.2, 0.25) is 0 Å². The normalized spacial score (nSPS) is 17.0. The zero-order chi connectivity index (χ0) is 11.4. The van der Waals surface area contributed by atoms with Gasteiger partial charge in [0, 0.05) is 12.8 Å². The second kappa shape index (κ2) is 4.61. The molecule has 0 saturated carbocycles. The zero-order valence-electron chi connectivity index (χ0n) is 8.51. The Kier molecular flexibility index (Phi) is 3.00. The van der Waals surface area contributed by atoms with E-state index in [1.54, 1.807) is 24.3 Å². The van der Waals surface area contributed by atoms with E-state index < -0.39 is 11.9 Å². The van der Waals surface area contributed by atoms with Crippen LogP contribution in [0.15, 0.2) is 48.0 Å². The smallest absolute Gasteiger partial charge is 0.422 e. The standard InChI is InChI=1S/C12H10O4/c13-11(15-9-5-1-2-6-9)12(14)16-10-7-3-4-8-10/h1-5,7H,6,8H2. The molecule has 0 aromatic carbocycles. The summed E-state index contributed by atoms with van der Waals surface area (Å²) in [5, 5.41) is 0. The second-order valence-corrected chi connectivity index (χ2v) is 3.31. The van der Waals surface area contributed by atoms with Crippen LogP contribution in [-0.2, 0) is 19.1 Å². The van der Waals surface area contributed by atoms with Gasteiger partial charge in [-0.3, -0.25) is 0 Å². The summed E-state index contributed by atoms with van der Waals surface area (Å²) in [6.07, 6.45) is 11.5. The maximum Gasteiger partial charge on any atom is 0.422 e. The second-order valence-electron chi connectivity index (χ2n) is 3.31. The summed E-state index contributed by atoms with van der Waals surface area (Å²) in [7, 11) is 0. The number of esters is 2. The molecule has 0 saturated heterocycles. The Hall–Kier alpha value is -2.10. The molecule has 2 aliphatic carbocycles. The van der Waals surface area contributed by atoms with Gasteiger partial charge in [-0.25, -0.2) is 9.59 Å². The highest BCUT2D eigenvalue weighted by atomic mass is 16.6. The third-order valence-corrected chi connectivity index (χ3v) is 2.09. The van der Waals surface area contributed by atoms with Gasteiger partial charge in [0.15, 0.2) is 0 Å². The summed E-state index contributed by atoms with van der Waals surface area (Å²) in [6, 6.07) is 0. The van der Waals surface area contributed by atoms with Gasteiger partial charge in [-0.2, -0.15) is 0 Å². The Morgan fingerprint density at radius 2 is 1.31 bits per heavy atom. The average Bonchev–Trinajstić information content (AvgIpc) is 2.90. The predicted octanol–water partition coefficient (Wildman–Crippen LogP) is 1.76. The fraction of sp³-hybridized carbons (Fsp3) is 0.167. The van der Waals surface area contributed by atoms with E-state index in [1.807, 2.05) is 12.2 Å². The number of ether oxygens (including phenoxy) is 2. The van der Waals surface area contributed by atoms with Gasteiger partial charge in [0.05, 0.1) is 0 Å². The van der Waals surface area contributed by atoms with Crippen molar-refractivity contribution < 1.29 is 19.1 Å². The van der Waals surface area contributed by atoms with Crippen molar-refractivity contribution in [2.45, 2.75) is 12.8 Å². The van der Waals surface area contributed by atoms with Crippen LogP contribution in [0, 0.1) is 0 Å². The van der Waals surface area contributed by atoms with Crippen molar-refractivity contribution in [3.8, 4) is 0 Å². The predicted molar refractivity (Wildman–Crippen MR) is 55.9 cm³/mol. The molecule has 4 nitrogen and oxygen atoms in total. The molecule has 0 aliphatic heterocycles. The van der Waals surface area contributed by atoms with Gasteiger partial charge < -0.3 is 9.47 Å². The SMILES string of the molecule is O=C(OC1=CC=CC1)C(=O)OC1=CC=CC1. The van der Waals surface area contributed by atoms with Crippen LogP contribution in [0.5, 0.6) is 0 Å². The lowest BCUT2D eigenvalue weighted by Gasteiger charge is -2.05. The molecular weight excluding hydrogens is 208 g/mol. The Bertz CT molecular complexity index is 396. The van der Waals surface area contributed by atoms with Crippen molar-refractivity contribution in [1.29, 1.82) is 0 Å². The van der Waals surface area contributed by atoms with Gasteiger partial charge in [-0.05, 0) is 12.2 Å². The third kappa shape index (κ3) is 2.48. The van der Waals surface area contributed by atoms with Crippen molar-refractivity contribution in [2.75, 3.05) is 0 Å². The van der Waals surface area contributed by atoms with Crippen molar-refractivity contribution >= 4 is 11.9 Å². The lowest BCUT2D eigenvalue weighted by molar-refractivity contribution is -0.162. The molecule has 82 valence electrons. The molecule has 0 unspecified atom stereocenters. The monoisotopic (exact) mass is 218 g/mol. The van der Waals surface area contributed by atoms with Crippen molar-refractivity contribution in [1.82, 2.24) is 0 Å². The van der Waals surface area contributed by atoms with Gasteiger partial charge in [-0.1, -0.05) is 24.3 Å². The lowest BCUT2D eigenvalue weighted by Crippen LogP contribution is -2.19. The molecule has 4 heteroatoms. The van der Waals surface area contributed by atoms with Crippen LogP contribution >= 0.6 is 0 Å². The van der Waals surface area contributed by atoms with Crippen molar-refractivity contribution in [2.24, 2.45) is 0 Å². The zero-order valence-corrected chi connectivity index (χ0v) is 8.51. The van der Waals surface area contributed by atoms with E-state index in [4.69, 9.17) is 9.47 Å². The summed E-state index contributed by atoms with van der Waals surface area (Å²) < 4.78 is 9.64. The molecule has 0 spiro atoms. The van der Waals surface area contributed by atoms with Gasteiger partial charge in [0.25, 0.3) is 0 Å². The van der Waals surface area contributed by atoms with Crippen molar-refractivity contribution in [3.05, 3.63) is 48.0 Å². The summed E-state index contributed by atoms with van der Waals surface area (Å²) >= 11 is 0. The topological polar surface area (TPSA) is 52.6 Å². The molecule has 0 amide bonds. The molecular formula is C12H10O4. The number of allylic oxidation sites excluding steroid dienone is 6. The molecule has 2 aliphatic rings. The molecule has 0 N–H and O–H groups in total. The molecule has 0 heterocycles. The van der Waals surface area contributed by atoms with Crippen LogP contribution in [-0.4, -0.2) is 11.9 Å². The third-order valence-electron chi connectivity index (χ3n) is 2.09. The highest BCUT2D eigenvalue weighted by Gasteiger charge is 2.21. The largest absolute Gasteiger partial charge is 0.422 e. The van der Waals surface area contributed by atoms with E-state index in [1.165, 1.54) is 0 Å². The maximum atomic E-state index is 11.3. The van der Waals surface area contributed by atoms with E-state index in [9.17, 15) is 9.59 Å². The van der Waals surface area contributed by atoms with E-state index >= 15 is 0 Å². The molecule has 0 aromatic heterocycles. The van der Waals surface area contributed by atoms with Gasteiger partial charge in [-0.15, -0.1) is 0 Å². The van der Waals surface area contributed by atoms with Crippen LogP contribution in [0.4, 0.5) is 0 Å². The number of carbonyl (C=O) groups is 2. The fourth-order valence-corrected chi connectivity index (χ4v) is 1.33. The number of rotatable bonds is 2. The number of carbonyl (C=O) groups excluding carboxylic acids is 2. The van der Waals surface area contributed by atoms with Crippen molar-refractivity contribution in [3.63, 3.8) is 0 Å². The Labute approximate surface area is 92.5 Å². The molecule has 2 rings (SSSR count). The minimum Gasteiger partial charge on any atom is -0.422 e. The summed E-state index contributed by atoms with van der Waals surface area (Å²) in [4.78, 5) is 22.5. The number of hydrogen-bond donors (Lipinski definition) is 0. The minimum atomic E-state index is -0.984. The summed E-state index contributed by atoms with van der Waals surface area (Å²) in [5.41, 5.74) is 0. The molecule has 0 bridgehead atoms. The maximum absolute atomic E-state index is 11.3. The van der Waals surface area contributed by atoms with E-state index in [0.717, 1.165) is 0 Å². The summed E-state index contributed by atoms with van der Waals surface area (Å²) in [5.74, 6) is -1.05. The Morgan fingerprint density at radius 1 is 0.875 bits per heavy atom. The van der Waals surface area contributed by atoms with E-state index in [2.05, 4.69) is 0 Å². The van der Waals surface area contributed by atoms with Crippen LogP contribution in [0.25, 0.3) is 0 Å². The molecule has 0 atom stereocenters. The van der Waals surface area contributed by atoms with Crippen LogP contribution in [0.1, 0.15) is 12.8 Å². The quantitative estimate of drug-likeness (QED) is 0.523. The first-order valence-corrected chi connectivity index (χ1v) is 4.91. The molecule has 0 radical (unpaired) electrons. The van der Waals surface area contributed by atoms with E-state index in [0.29, 0.717) is 24.4 Å². The van der Waals surface area contributed by atoms with Crippen LogP contribution < -0.4 is 0 Å². The average molecular weight is 218 g/mol. The van der Waals surface area contributed by atoms with Gasteiger partial charge in [0.2, 0.25) is 0 Å². The van der Waals surface area contributed by atoms with Gasteiger partial charge in [0.1, 0.15) is 11.5 Å². The molecule has 0 aromatic rings. The Balaban J connectivity index is 1.82. The first-order valence-electron chi connectivity index (χ1n) is 4.91. The molecule has 16 heavy (non-hydrogen) atoms. The first-order chi connectivity index (χ1) is 7.75. The first kappa shape index (κ1) is 10.4. The van der Waals surface area contributed by atoms with E-state index in [-0.39, 0.29) is 0 Å². The molecule has 0 fully saturated rings. The highest BCUT2D eigenvalue weighted by molar-refractivity contribution is 6.30. The Morgan fingerprint density at radius 3 is 1.62 bits per heavy atom. The van der Waals surface area contributed by atoms with Gasteiger partial charge >= 0.3 is 11.9 Å². The number of hydrogen-bond acceptors (Lipinski definition) is 4.